The number of aliphatic hydroxyl groups is 12. The Kier molecular flexibility index (Phi) is 54.7. The maximum Gasteiger partial charge on any atom is 0.469 e. The SMILES string of the molecule is CC(COCCC(=O)NCCCNC(=O)CCCCOC(O)C(O)C(O)CC(CO)COP(=O)(O)O)(COCCC(=O)NCCCNC(=O)CCCCOC(O)C(O)C(O)C(O)CCOP(=O)(O)O)COCCC(=O)NCCCNC(=O)CCCCOC(O)C(O)C(O)C(O)CCOP(=O)(O)O. The summed E-state index contributed by atoms with van der Waals surface area (Å²) in [5, 5.41) is 136. The molecule has 24 N–H and O–H groups in total. The van der Waals surface area contributed by atoms with E-state index in [2.05, 4.69) is 45.5 Å². The summed E-state index contributed by atoms with van der Waals surface area (Å²) in [5.41, 5.74) is -0.842. The summed E-state index contributed by atoms with van der Waals surface area (Å²) in [7, 11) is -14.5. The highest BCUT2D eigenvalue weighted by Crippen LogP contribution is 2.38. The summed E-state index contributed by atoms with van der Waals surface area (Å²) in [5.74, 6) is -2.89. The molecule has 0 aliphatic carbocycles. The van der Waals surface area contributed by atoms with Crippen molar-refractivity contribution in [1.82, 2.24) is 31.9 Å². The van der Waals surface area contributed by atoms with E-state index >= 15 is 0 Å². The maximum absolute atomic E-state index is 12.6. The minimum atomic E-state index is -4.84. The molecule has 0 saturated carbocycles. The van der Waals surface area contributed by atoms with Crippen molar-refractivity contribution < 1.29 is 175 Å². The van der Waals surface area contributed by atoms with Crippen LogP contribution in [0.15, 0.2) is 0 Å². The number of aliphatic hydroxyl groups excluding tert-OH is 12. The minimum Gasteiger partial charge on any atom is -0.396 e. The fourth-order valence-electron chi connectivity index (χ4n) is 8.60. The van der Waals surface area contributed by atoms with Crippen molar-refractivity contribution in [1.29, 1.82) is 0 Å². The van der Waals surface area contributed by atoms with Crippen LogP contribution in [0.4, 0.5) is 0 Å². The molecule has 0 aromatic heterocycles. The summed E-state index contributed by atoms with van der Waals surface area (Å²) in [6.45, 7) is 0.320. The van der Waals surface area contributed by atoms with Crippen LogP contribution in [0.25, 0.3) is 0 Å². The van der Waals surface area contributed by atoms with Crippen LogP contribution in [0.3, 0.4) is 0 Å². The summed E-state index contributed by atoms with van der Waals surface area (Å²) in [6.07, 6.45) is -18.6. The van der Waals surface area contributed by atoms with Crippen LogP contribution in [0.5, 0.6) is 0 Å². The largest absolute Gasteiger partial charge is 0.469 e. The van der Waals surface area contributed by atoms with E-state index in [0.29, 0.717) is 38.5 Å². The number of hydrogen-bond donors (Lipinski definition) is 24. The van der Waals surface area contributed by atoms with E-state index in [1.54, 1.807) is 6.92 Å². The van der Waals surface area contributed by atoms with E-state index < -0.39 is 142 Å². The van der Waals surface area contributed by atoms with Gasteiger partial charge in [-0.2, -0.15) is 0 Å². The highest BCUT2D eigenvalue weighted by atomic mass is 31.2. The van der Waals surface area contributed by atoms with Crippen molar-refractivity contribution in [2.45, 2.75) is 190 Å². The molecule has 42 nitrogen and oxygen atoms in total. The van der Waals surface area contributed by atoms with Gasteiger partial charge < -0.3 is 151 Å². The smallest absolute Gasteiger partial charge is 0.396 e. The van der Waals surface area contributed by atoms with Crippen molar-refractivity contribution >= 4 is 58.9 Å². The van der Waals surface area contributed by atoms with Crippen LogP contribution < -0.4 is 31.9 Å². The molecule has 0 bridgehead atoms. The van der Waals surface area contributed by atoms with Gasteiger partial charge in [0.1, 0.15) is 30.5 Å². The van der Waals surface area contributed by atoms with Gasteiger partial charge in [0.05, 0.1) is 77.8 Å². The number of phosphoric ester groups is 3. The highest BCUT2D eigenvalue weighted by Gasteiger charge is 2.34. The van der Waals surface area contributed by atoms with Crippen LogP contribution in [0.1, 0.15) is 122 Å². The number of amides is 6. The zero-order valence-corrected chi connectivity index (χ0v) is 60.0. The fraction of sp³-hybridized carbons (Fsp3) is 0.895. The molecule has 45 heteroatoms. The van der Waals surface area contributed by atoms with E-state index in [1.807, 2.05) is 0 Å². The Balaban J connectivity index is 4.91. The summed E-state index contributed by atoms with van der Waals surface area (Å²) in [4.78, 5) is 127. The van der Waals surface area contributed by atoms with E-state index in [4.69, 9.17) is 57.8 Å². The third-order valence-electron chi connectivity index (χ3n) is 14.4. The molecule has 12 unspecified atom stereocenters. The molecular weight excluding hydrogens is 1440 g/mol. The van der Waals surface area contributed by atoms with Crippen LogP contribution in [0.2, 0.25) is 0 Å². The molecule has 12 atom stereocenters. The number of unbranched alkanes of at least 4 members (excludes halogenated alkanes) is 3. The van der Waals surface area contributed by atoms with Gasteiger partial charge in [-0.15, -0.1) is 0 Å². The first-order chi connectivity index (χ1) is 47.9. The van der Waals surface area contributed by atoms with Crippen LogP contribution in [-0.4, -0.2) is 319 Å². The number of hydrogen-bond acceptors (Lipinski definition) is 30. The van der Waals surface area contributed by atoms with Gasteiger partial charge in [0.25, 0.3) is 0 Å². The van der Waals surface area contributed by atoms with Gasteiger partial charge in [-0.1, -0.05) is 6.92 Å². The number of ether oxygens (including phenoxy) is 6. The first kappa shape index (κ1) is 98.4. The van der Waals surface area contributed by atoms with Crippen molar-refractivity contribution in [2.75, 3.05) is 125 Å². The molecule has 102 heavy (non-hydrogen) atoms. The van der Waals surface area contributed by atoms with Crippen molar-refractivity contribution in [3.8, 4) is 0 Å². The normalized spacial score (nSPS) is 16.4. The lowest BCUT2D eigenvalue weighted by molar-refractivity contribution is -0.203. The van der Waals surface area contributed by atoms with Gasteiger partial charge in [-0.25, -0.2) is 13.7 Å². The average molecular weight is 1550 g/mol. The zero-order valence-electron chi connectivity index (χ0n) is 57.3. The van der Waals surface area contributed by atoms with Crippen molar-refractivity contribution in [2.24, 2.45) is 11.3 Å². The third kappa shape index (κ3) is 54.9. The van der Waals surface area contributed by atoms with Gasteiger partial charge in [-0.05, 0) is 77.0 Å². The molecule has 6 amide bonds. The molecule has 0 fully saturated rings. The molecule has 0 aliphatic heterocycles. The molecule has 0 radical (unpaired) electrons. The molecule has 0 aromatic carbocycles. The second-order valence-corrected chi connectivity index (χ2v) is 27.7. The maximum atomic E-state index is 12.6. The second kappa shape index (κ2) is 56.7. The van der Waals surface area contributed by atoms with Gasteiger partial charge in [0.15, 0.2) is 18.9 Å². The fourth-order valence-corrected chi connectivity index (χ4v) is 9.69. The molecular formula is C57H113N6O36P3. The molecule has 0 rings (SSSR count). The van der Waals surface area contributed by atoms with Gasteiger partial charge in [-0.3, -0.25) is 42.3 Å². The topological polar surface area (TPSA) is 673 Å². The lowest BCUT2D eigenvalue weighted by Crippen LogP contribution is -2.45. The Morgan fingerprint density at radius 3 is 0.922 bits per heavy atom. The third-order valence-corrected chi connectivity index (χ3v) is 16.0. The summed E-state index contributed by atoms with van der Waals surface area (Å²) in [6, 6.07) is 0. The Labute approximate surface area is 590 Å². The predicted octanol–water partition coefficient (Wildman–Crippen LogP) is -6.41. The molecule has 0 heterocycles. The molecule has 0 aliphatic rings. The second-order valence-electron chi connectivity index (χ2n) is 24.0. The average Bonchev–Trinajstić information content (AvgIpc) is 0.915. The Bertz CT molecular complexity index is 2320. The predicted molar refractivity (Wildman–Crippen MR) is 350 cm³/mol. The van der Waals surface area contributed by atoms with E-state index in [0.717, 1.165) is 0 Å². The van der Waals surface area contributed by atoms with E-state index in [1.165, 1.54) is 0 Å². The van der Waals surface area contributed by atoms with Crippen LogP contribution in [-0.2, 0) is 84.5 Å². The van der Waals surface area contributed by atoms with Gasteiger partial charge in [0, 0.05) is 116 Å². The van der Waals surface area contributed by atoms with Crippen molar-refractivity contribution in [3.63, 3.8) is 0 Å². The number of nitrogens with one attached hydrogen (secondary N) is 6. The van der Waals surface area contributed by atoms with Crippen molar-refractivity contribution in [3.05, 3.63) is 0 Å². The van der Waals surface area contributed by atoms with Crippen LogP contribution in [0, 0.1) is 11.3 Å². The number of carbonyl (C=O) groups excluding carboxylic acids is 6. The standard InChI is InChI=1S/C57H113N6O36P3/c1-57(37-92-29-17-47(72)62-23-9-20-59-44(69)12-3-6-26-95-55(80)52(77)49(74)40(65)14-31-97-100(82,83)84,38-93-30-18-48(73)63-24-10-21-60-45(70)13-4-7-27-96-56(81)53(78)50(75)41(66)15-32-98-101(85,86)87)36-91-28-16-46(71)61-22-8-19-58-43(68)11-2-5-25-94-54(79)51(76)42(67)33-39(34-64)35-99-102(88,89)90/h39-42,49-56,64-67,74-81H,2-38H2,1H3,(H,58,68)(H,59,69)(H,60,70)(H,61,71)(H,62,72)(H,63,73)(H2,82,83,84)(H2,85,86,87)(H2,88,89,90). The van der Waals surface area contributed by atoms with Gasteiger partial charge in [0.2, 0.25) is 35.4 Å². The first-order valence-electron chi connectivity index (χ1n) is 33.3. The molecule has 602 valence electrons. The lowest BCUT2D eigenvalue weighted by atomic mass is 9.94. The molecule has 0 saturated heterocycles. The summed E-state index contributed by atoms with van der Waals surface area (Å²) < 4.78 is 77.9. The Morgan fingerprint density at radius 1 is 0.353 bits per heavy atom. The quantitative estimate of drug-likeness (QED) is 0.0153. The zero-order chi connectivity index (χ0) is 77.2. The monoisotopic (exact) mass is 1550 g/mol. The Hall–Kier alpha value is -3.57. The first-order valence-corrected chi connectivity index (χ1v) is 37.9. The summed E-state index contributed by atoms with van der Waals surface area (Å²) >= 11 is 0. The number of carbonyl (C=O) groups is 6. The number of rotatable bonds is 67. The lowest BCUT2D eigenvalue weighted by Gasteiger charge is -2.29. The Morgan fingerprint density at radius 2 is 0.637 bits per heavy atom. The highest BCUT2D eigenvalue weighted by molar-refractivity contribution is 7.46. The molecule has 0 aromatic rings. The van der Waals surface area contributed by atoms with Crippen LogP contribution >= 0.6 is 23.5 Å². The minimum absolute atomic E-state index is 0.00841. The van der Waals surface area contributed by atoms with E-state index in [-0.39, 0.29) is 198 Å². The van der Waals surface area contributed by atoms with Gasteiger partial charge >= 0.3 is 23.5 Å². The molecule has 0 spiro atoms. The van der Waals surface area contributed by atoms with E-state index in [9.17, 15) is 104 Å². The number of phosphoric acid groups is 3.